The average molecular weight is 274 g/mol. The average Bonchev–Trinajstić information content (AvgIpc) is 3.26. The number of carbonyl (C=O) groups is 1. The van der Waals surface area contributed by atoms with Crippen LogP contribution in [0.3, 0.4) is 0 Å². The Bertz CT molecular complexity index is 460. The molecular formula is C15H18N2OS. The molecule has 1 aliphatic rings. The Balaban J connectivity index is 1.71. The zero-order valence-electron chi connectivity index (χ0n) is 10.8. The molecule has 3 nitrogen and oxygen atoms in total. The Labute approximate surface area is 118 Å². The van der Waals surface area contributed by atoms with Crippen LogP contribution < -0.4 is 10.6 Å². The van der Waals surface area contributed by atoms with Crippen LogP contribution in [-0.4, -0.2) is 24.2 Å². The Hall–Kier alpha value is -1.44. The van der Waals surface area contributed by atoms with E-state index >= 15 is 0 Å². The molecule has 2 N–H and O–H groups in total. The number of hydrogen-bond acceptors (Lipinski definition) is 3. The normalized spacial score (nSPS) is 13.8. The van der Waals surface area contributed by atoms with Gasteiger partial charge in [-0.05, 0) is 30.5 Å². The van der Waals surface area contributed by atoms with Crippen molar-refractivity contribution in [3.8, 4) is 12.3 Å². The maximum Gasteiger partial charge on any atom is 0.231 e. The zero-order chi connectivity index (χ0) is 13.5. The first-order valence-corrected chi connectivity index (χ1v) is 7.42. The van der Waals surface area contributed by atoms with Crippen molar-refractivity contribution in [2.75, 3.05) is 12.3 Å². The van der Waals surface area contributed by atoms with E-state index in [1.807, 2.05) is 0 Å². The largest absolute Gasteiger partial charge is 0.344 e. The Morgan fingerprint density at radius 2 is 2.11 bits per heavy atom. The lowest BCUT2D eigenvalue weighted by Crippen LogP contribution is -2.25. The second-order valence-corrected chi connectivity index (χ2v) is 5.62. The van der Waals surface area contributed by atoms with Crippen LogP contribution in [-0.2, 0) is 11.3 Å². The van der Waals surface area contributed by atoms with Gasteiger partial charge in [-0.15, -0.1) is 18.2 Å². The standard InChI is InChI=1S/C15H18N2OS/c1-2-9-16-15(18)11-19-14-7-3-12(4-8-14)10-17-13-5-6-13/h1,3-4,7-8,13,17H,5-6,9-11H2,(H,16,18). The monoisotopic (exact) mass is 274 g/mol. The van der Waals surface area contributed by atoms with Gasteiger partial charge in [0.2, 0.25) is 5.91 Å². The van der Waals surface area contributed by atoms with E-state index in [0.717, 1.165) is 17.5 Å². The second-order valence-electron chi connectivity index (χ2n) is 4.57. The lowest BCUT2D eigenvalue weighted by Gasteiger charge is -2.05. The molecule has 4 heteroatoms. The van der Waals surface area contributed by atoms with Gasteiger partial charge < -0.3 is 10.6 Å². The summed E-state index contributed by atoms with van der Waals surface area (Å²) in [6.07, 6.45) is 7.69. The number of terminal acetylenes is 1. The number of carbonyl (C=O) groups excluding carboxylic acids is 1. The summed E-state index contributed by atoms with van der Waals surface area (Å²) in [7, 11) is 0. The first-order valence-electron chi connectivity index (χ1n) is 6.43. The lowest BCUT2D eigenvalue weighted by atomic mass is 10.2. The maximum atomic E-state index is 11.4. The summed E-state index contributed by atoms with van der Waals surface area (Å²) in [5.74, 6) is 2.76. The molecule has 0 aliphatic heterocycles. The van der Waals surface area contributed by atoms with Crippen LogP contribution in [0.1, 0.15) is 18.4 Å². The third kappa shape index (κ3) is 5.37. The molecule has 1 aliphatic carbocycles. The zero-order valence-corrected chi connectivity index (χ0v) is 11.6. The van der Waals surface area contributed by atoms with Crippen LogP contribution in [0.2, 0.25) is 0 Å². The number of amides is 1. The summed E-state index contributed by atoms with van der Waals surface area (Å²) in [6, 6.07) is 9.06. The van der Waals surface area contributed by atoms with Crippen molar-refractivity contribution in [3.05, 3.63) is 29.8 Å². The van der Waals surface area contributed by atoms with Crippen LogP contribution >= 0.6 is 11.8 Å². The summed E-state index contributed by atoms with van der Waals surface area (Å²) in [5, 5.41) is 6.12. The van der Waals surface area contributed by atoms with E-state index in [2.05, 4.69) is 40.8 Å². The van der Waals surface area contributed by atoms with Crippen molar-refractivity contribution < 1.29 is 4.79 Å². The fourth-order valence-electron chi connectivity index (χ4n) is 1.60. The van der Waals surface area contributed by atoms with Crippen molar-refractivity contribution >= 4 is 17.7 Å². The molecule has 1 saturated carbocycles. The van der Waals surface area contributed by atoms with Crippen LogP contribution in [0.5, 0.6) is 0 Å². The first-order chi connectivity index (χ1) is 9.28. The van der Waals surface area contributed by atoms with Gasteiger partial charge in [-0.1, -0.05) is 18.1 Å². The summed E-state index contributed by atoms with van der Waals surface area (Å²) >= 11 is 1.52. The van der Waals surface area contributed by atoms with Crippen molar-refractivity contribution in [2.24, 2.45) is 0 Å². The number of benzene rings is 1. The third-order valence-corrected chi connectivity index (χ3v) is 3.87. The topological polar surface area (TPSA) is 41.1 Å². The first kappa shape index (κ1) is 14.0. The Kier molecular flexibility index (Phi) is 5.31. The number of thioether (sulfide) groups is 1. The van der Waals surface area contributed by atoms with Gasteiger partial charge in [0.1, 0.15) is 0 Å². The van der Waals surface area contributed by atoms with Crippen molar-refractivity contribution in [1.29, 1.82) is 0 Å². The van der Waals surface area contributed by atoms with Crippen LogP contribution in [0, 0.1) is 12.3 Å². The van der Waals surface area contributed by atoms with E-state index in [1.54, 1.807) is 0 Å². The van der Waals surface area contributed by atoms with Gasteiger partial charge in [-0.25, -0.2) is 0 Å². The van der Waals surface area contributed by atoms with Crippen molar-refractivity contribution in [1.82, 2.24) is 10.6 Å². The highest BCUT2D eigenvalue weighted by molar-refractivity contribution is 8.00. The fraction of sp³-hybridized carbons (Fsp3) is 0.400. The molecule has 0 bridgehead atoms. The quantitative estimate of drug-likeness (QED) is 0.588. The van der Waals surface area contributed by atoms with E-state index in [4.69, 9.17) is 6.42 Å². The van der Waals surface area contributed by atoms with Crippen LogP contribution in [0.4, 0.5) is 0 Å². The van der Waals surface area contributed by atoms with E-state index < -0.39 is 0 Å². The minimum absolute atomic E-state index is 0.0255. The van der Waals surface area contributed by atoms with Gasteiger partial charge in [0, 0.05) is 17.5 Å². The minimum atomic E-state index is -0.0255. The molecular weight excluding hydrogens is 256 g/mol. The predicted octanol–water partition coefficient (Wildman–Crippen LogP) is 1.78. The molecule has 0 atom stereocenters. The highest BCUT2D eigenvalue weighted by Crippen LogP contribution is 2.21. The van der Waals surface area contributed by atoms with Crippen molar-refractivity contribution in [2.45, 2.75) is 30.3 Å². The SMILES string of the molecule is C#CCNC(=O)CSc1ccc(CNC2CC2)cc1. The van der Waals surface area contributed by atoms with Gasteiger partial charge >= 0.3 is 0 Å². The summed E-state index contributed by atoms with van der Waals surface area (Å²) < 4.78 is 0. The second kappa shape index (κ2) is 7.22. The smallest absolute Gasteiger partial charge is 0.231 e. The molecule has 1 fully saturated rings. The maximum absolute atomic E-state index is 11.4. The third-order valence-electron chi connectivity index (χ3n) is 2.85. The van der Waals surface area contributed by atoms with Gasteiger partial charge in [0.15, 0.2) is 0 Å². The molecule has 19 heavy (non-hydrogen) atoms. The molecule has 0 saturated heterocycles. The van der Waals surface area contributed by atoms with E-state index in [1.165, 1.54) is 30.2 Å². The highest BCUT2D eigenvalue weighted by atomic mass is 32.2. The van der Waals surface area contributed by atoms with Crippen molar-refractivity contribution in [3.63, 3.8) is 0 Å². The summed E-state index contributed by atoms with van der Waals surface area (Å²) in [6.45, 7) is 1.23. The molecule has 2 rings (SSSR count). The molecule has 0 spiro atoms. The molecule has 0 aromatic heterocycles. The van der Waals surface area contributed by atoms with Crippen LogP contribution in [0.15, 0.2) is 29.2 Å². The van der Waals surface area contributed by atoms with Crippen LogP contribution in [0.25, 0.3) is 0 Å². The highest BCUT2D eigenvalue weighted by Gasteiger charge is 2.19. The summed E-state index contributed by atoms with van der Waals surface area (Å²) in [4.78, 5) is 12.5. The van der Waals surface area contributed by atoms with E-state index in [-0.39, 0.29) is 5.91 Å². The molecule has 100 valence electrons. The molecule has 0 radical (unpaired) electrons. The molecule has 1 aromatic carbocycles. The minimum Gasteiger partial charge on any atom is -0.344 e. The van der Waals surface area contributed by atoms with E-state index in [9.17, 15) is 4.79 Å². The van der Waals surface area contributed by atoms with Gasteiger partial charge in [-0.3, -0.25) is 4.79 Å². The van der Waals surface area contributed by atoms with Gasteiger partial charge in [0.25, 0.3) is 0 Å². The molecule has 0 heterocycles. The molecule has 1 amide bonds. The molecule has 0 unspecified atom stereocenters. The number of hydrogen-bond donors (Lipinski definition) is 2. The Morgan fingerprint density at radius 3 is 2.74 bits per heavy atom. The Morgan fingerprint density at radius 1 is 1.37 bits per heavy atom. The number of nitrogens with one attached hydrogen (secondary N) is 2. The predicted molar refractivity (Wildman–Crippen MR) is 78.9 cm³/mol. The van der Waals surface area contributed by atoms with Gasteiger partial charge in [-0.2, -0.15) is 0 Å². The summed E-state index contributed by atoms with van der Waals surface area (Å²) in [5.41, 5.74) is 1.29. The molecule has 1 aromatic rings. The number of rotatable bonds is 7. The van der Waals surface area contributed by atoms with Gasteiger partial charge in [0.05, 0.1) is 12.3 Å². The fourth-order valence-corrected chi connectivity index (χ4v) is 2.33. The lowest BCUT2D eigenvalue weighted by molar-refractivity contribution is -0.118. The van der Waals surface area contributed by atoms with E-state index in [0.29, 0.717) is 12.3 Å².